The zero-order valence-electron chi connectivity index (χ0n) is 23.9. The van der Waals surface area contributed by atoms with Gasteiger partial charge in [-0.1, -0.05) is 103 Å². The molecule has 1 aliphatic rings. The van der Waals surface area contributed by atoms with Crippen LogP contribution in [0.3, 0.4) is 0 Å². The van der Waals surface area contributed by atoms with Crippen LogP contribution < -0.4 is 10.6 Å². The van der Waals surface area contributed by atoms with Gasteiger partial charge in [0.05, 0.1) is 34.7 Å². The van der Waals surface area contributed by atoms with Crippen LogP contribution in [0.4, 0.5) is 22.7 Å². The molecule has 0 radical (unpaired) electrons. The van der Waals surface area contributed by atoms with Gasteiger partial charge in [-0.15, -0.1) is 0 Å². The van der Waals surface area contributed by atoms with Gasteiger partial charge in [0.2, 0.25) is 0 Å². The second-order valence-corrected chi connectivity index (χ2v) is 10.9. The van der Waals surface area contributed by atoms with Crippen molar-refractivity contribution in [1.82, 2.24) is 4.57 Å². The molecule has 0 unspecified atom stereocenters. The highest BCUT2D eigenvalue weighted by Crippen LogP contribution is 2.45. The van der Waals surface area contributed by atoms with Crippen molar-refractivity contribution in [2.45, 2.75) is 6.54 Å². The standard InChI is InChI=1S/C39H30N4/c1-40-32-17-8-9-18-33(32)42-35-25-43-36-24-23-34(41-29-13-6-3-7-14-29)37(38(36)31-16-10-15-30(35)39(31)43)28-21-19-27(20-22-28)26-11-4-2-5-12-26/h2-24,40-41H,25H2,1H3. The van der Waals surface area contributed by atoms with E-state index in [1.165, 1.54) is 49.6 Å². The van der Waals surface area contributed by atoms with Gasteiger partial charge >= 0.3 is 0 Å². The number of para-hydroxylation sites is 4. The first-order valence-corrected chi connectivity index (χ1v) is 14.7. The number of hydrogen-bond donors (Lipinski definition) is 2. The average Bonchev–Trinajstić information content (AvgIpc) is 3.60. The lowest BCUT2D eigenvalue weighted by Gasteiger charge is -2.16. The summed E-state index contributed by atoms with van der Waals surface area (Å²) in [6.07, 6.45) is 0. The van der Waals surface area contributed by atoms with Gasteiger partial charge in [0.15, 0.2) is 0 Å². The molecule has 0 atom stereocenters. The molecule has 4 heteroatoms. The molecule has 4 nitrogen and oxygen atoms in total. The number of aromatic nitrogens is 1. The number of rotatable bonds is 6. The highest BCUT2D eigenvalue weighted by atomic mass is 15.0. The van der Waals surface area contributed by atoms with Crippen LogP contribution in [-0.4, -0.2) is 17.3 Å². The van der Waals surface area contributed by atoms with Crippen molar-refractivity contribution in [3.63, 3.8) is 0 Å². The van der Waals surface area contributed by atoms with Crippen LogP contribution in [0, 0.1) is 0 Å². The maximum atomic E-state index is 5.16. The van der Waals surface area contributed by atoms with E-state index in [1.54, 1.807) is 0 Å². The lowest BCUT2D eigenvalue weighted by atomic mass is 9.94. The first kappa shape index (κ1) is 25.1. The maximum absolute atomic E-state index is 5.16. The molecule has 0 bridgehead atoms. The minimum Gasteiger partial charge on any atom is -0.386 e. The zero-order chi connectivity index (χ0) is 28.8. The van der Waals surface area contributed by atoms with E-state index in [-0.39, 0.29) is 0 Å². The molecule has 0 aliphatic carbocycles. The minimum absolute atomic E-state index is 0.731. The third-order valence-corrected chi connectivity index (χ3v) is 8.43. The molecule has 0 fully saturated rings. The summed E-state index contributed by atoms with van der Waals surface area (Å²) in [5, 5.41) is 9.53. The summed E-state index contributed by atoms with van der Waals surface area (Å²) in [6.45, 7) is 0.731. The van der Waals surface area contributed by atoms with Gasteiger partial charge in [-0.2, -0.15) is 0 Å². The van der Waals surface area contributed by atoms with E-state index >= 15 is 0 Å². The highest BCUT2D eigenvalue weighted by molar-refractivity contribution is 6.25. The van der Waals surface area contributed by atoms with Crippen molar-refractivity contribution in [3.05, 3.63) is 145 Å². The number of hydrogen-bond acceptors (Lipinski definition) is 3. The molecule has 0 spiro atoms. The second kappa shape index (κ2) is 10.3. The Labute approximate surface area is 251 Å². The monoisotopic (exact) mass is 554 g/mol. The Morgan fingerprint density at radius 1 is 0.605 bits per heavy atom. The number of nitrogens with zero attached hydrogens (tertiary/aromatic N) is 2. The summed E-state index contributed by atoms with van der Waals surface area (Å²) < 4.78 is 2.44. The van der Waals surface area contributed by atoms with Crippen molar-refractivity contribution in [2.24, 2.45) is 4.99 Å². The predicted molar refractivity (Wildman–Crippen MR) is 182 cm³/mol. The van der Waals surface area contributed by atoms with Crippen LogP contribution in [0.5, 0.6) is 0 Å². The molecular weight excluding hydrogens is 524 g/mol. The van der Waals surface area contributed by atoms with Crippen LogP contribution in [0.2, 0.25) is 0 Å². The molecule has 0 amide bonds. The molecule has 2 N–H and O–H groups in total. The number of anilines is 3. The lowest BCUT2D eigenvalue weighted by Crippen LogP contribution is -2.03. The van der Waals surface area contributed by atoms with Gasteiger partial charge in [-0.3, -0.25) is 0 Å². The summed E-state index contributed by atoms with van der Waals surface area (Å²) in [6, 6.07) is 49.3. The Morgan fingerprint density at radius 2 is 1.30 bits per heavy atom. The molecule has 6 aromatic carbocycles. The number of fused-ring (bicyclic) bond motifs is 3. The van der Waals surface area contributed by atoms with Gasteiger partial charge in [-0.25, -0.2) is 4.99 Å². The van der Waals surface area contributed by atoms with Crippen molar-refractivity contribution in [2.75, 3.05) is 17.7 Å². The van der Waals surface area contributed by atoms with Gasteiger partial charge in [-0.05, 0) is 53.1 Å². The SMILES string of the molecule is CNc1ccccc1N=C1Cn2c3ccc(Nc4ccccc4)c(-c4ccc(-c5ccccc5)cc4)c3c3cccc1c32. The largest absolute Gasteiger partial charge is 0.386 e. The summed E-state index contributed by atoms with van der Waals surface area (Å²) in [5.41, 5.74) is 13.7. The minimum atomic E-state index is 0.731. The number of benzene rings is 6. The summed E-state index contributed by atoms with van der Waals surface area (Å²) in [5.74, 6) is 0. The molecule has 0 saturated carbocycles. The molecule has 43 heavy (non-hydrogen) atoms. The number of nitrogens with one attached hydrogen (secondary N) is 2. The zero-order valence-corrected chi connectivity index (χ0v) is 23.9. The molecule has 7 aromatic rings. The second-order valence-electron chi connectivity index (χ2n) is 10.9. The van der Waals surface area contributed by atoms with Crippen LogP contribution >= 0.6 is 0 Å². The molecule has 8 rings (SSSR count). The smallest absolute Gasteiger partial charge is 0.0865 e. The van der Waals surface area contributed by atoms with E-state index < -0.39 is 0 Å². The Morgan fingerprint density at radius 3 is 2.09 bits per heavy atom. The predicted octanol–water partition coefficient (Wildman–Crippen LogP) is 10.0. The van der Waals surface area contributed by atoms with Crippen LogP contribution in [-0.2, 0) is 6.54 Å². The summed E-state index contributed by atoms with van der Waals surface area (Å²) >= 11 is 0. The van der Waals surface area contributed by atoms with Crippen molar-refractivity contribution in [1.29, 1.82) is 0 Å². The topological polar surface area (TPSA) is 41.4 Å². The fourth-order valence-corrected chi connectivity index (χ4v) is 6.44. The van der Waals surface area contributed by atoms with Crippen LogP contribution in [0.1, 0.15) is 5.56 Å². The average molecular weight is 555 g/mol. The number of aliphatic imine (C=N–C) groups is 1. The Kier molecular flexibility index (Phi) is 6.04. The van der Waals surface area contributed by atoms with E-state index in [2.05, 4.69) is 137 Å². The molecule has 206 valence electrons. The highest BCUT2D eigenvalue weighted by Gasteiger charge is 2.27. The van der Waals surface area contributed by atoms with E-state index in [0.29, 0.717) is 0 Å². The fourth-order valence-electron chi connectivity index (χ4n) is 6.44. The lowest BCUT2D eigenvalue weighted by molar-refractivity contribution is 0.962. The third-order valence-electron chi connectivity index (χ3n) is 8.43. The van der Waals surface area contributed by atoms with E-state index in [1.807, 2.05) is 25.2 Å². The summed E-state index contributed by atoms with van der Waals surface area (Å²) in [7, 11) is 1.94. The Balaban J connectivity index is 1.34. The van der Waals surface area contributed by atoms with Crippen LogP contribution in [0.25, 0.3) is 44.1 Å². The molecular formula is C39H30N4. The molecule has 1 aromatic heterocycles. The van der Waals surface area contributed by atoms with E-state index in [4.69, 9.17) is 4.99 Å². The Hall–Kier alpha value is -5.61. The van der Waals surface area contributed by atoms with Gasteiger partial charge in [0, 0.05) is 40.3 Å². The van der Waals surface area contributed by atoms with Gasteiger partial charge < -0.3 is 15.2 Å². The third kappa shape index (κ3) is 4.27. The molecule has 0 saturated heterocycles. The van der Waals surface area contributed by atoms with Gasteiger partial charge in [0.25, 0.3) is 0 Å². The van der Waals surface area contributed by atoms with E-state index in [0.717, 1.165) is 35.0 Å². The molecule has 1 aliphatic heterocycles. The van der Waals surface area contributed by atoms with Crippen LogP contribution in [0.15, 0.2) is 145 Å². The van der Waals surface area contributed by atoms with Crippen molar-refractivity contribution >= 4 is 50.3 Å². The van der Waals surface area contributed by atoms with E-state index in [9.17, 15) is 0 Å². The maximum Gasteiger partial charge on any atom is 0.0865 e. The summed E-state index contributed by atoms with van der Waals surface area (Å²) in [4.78, 5) is 5.16. The van der Waals surface area contributed by atoms with Crippen molar-refractivity contribution in [3.8, 4) is 22.3 Å². The quantitative estimate of drug-likeness (QED) is 0.215. The van der Waals surface area contributed by atoms with Gasteiger partial charge in [0.1, 0.15) is 0 Å². The first-order chi connectivity index (χ1) is 21.3. The fraction of sp³-hybridized carbons (Fsp3) is 0.0513. The first-order valence-electron chi connectivity index (χ1n) is 14.7. The van der Waals surface area contributed by atoms with Crippen molar-refractivity contribution < 1.29 is 0 Å². The molecule has 2 heterocycles. The normalized spacial score (nSPS) is 13.2. The Bertz CT molecular complexity index is 2140.